The maximum Gasteiger partial charge on any atom is 0.328 e. The molecule has 1 aliphatic heterocycles. The van der Waals surface area contributed by atoms with Crippen LogP contribution >= 0.6 is 11.3 Å². The molecule has 0 saturated heterocycles. The number of nitrogens with zero attached hydrogens (tertiary/aromatic N) is 3. The molecular formula is C33H38N3O4S+. The molecule has 1 unspecified atom stereocenters. The van der Waals surface area contributed by atoms with Gasteiger partial charge in [0.05, 0.1) is 39.1 Å². The highest BCUT2D eigenvalue weighted by Gasteiger charge is 2.41. The first-order chi connectivity index (χ1) is 19.5. The lowest BCUT2D eigenvalue weighted by atomic mass is 9.87. The van der Waals surface area contributed by atoms with Crippen LogP contribution in [-0.2, 0) is 14.3 Å². The highest BCUT2D eigenvalue weighted by molar-refractivity contribution is 7.15. The van der Waals surface area contributed by atoms with E-state index in [2.05, 4.69) is 34.0 Å². The standard InChI is InChI=1S/C33H37N3O4S/c1-20-32(41-21(2)34-20)28-15-11-22-17-23(12-14-27(22)35-28)31-26(18-30(39)40-33(3,4)5)24(13-16-29(37)38)19-36(31)25-9-7-6-8-10-25/h11-17,19,25-26H,6-10,18H2,1-5H3/p+1/b16-13+. The molecular weight excluding hydrogens is 534 g/mol. The number of hydrogen-bond donors (Lipinski definition) is 1. The molecule has 0 spiro atoms. The fraction of sp³-hybridized carbons (Fsp3) is 0.424. The molecule has 1 N–H and O–H groups in total. The number of allylic oxidation sites excluding steroid dienone is 2. The Kier molecular flexibility index (Phi) is 8.23. The summed E-state index contributed by atoms with van der Waals surface area (Å²) in [6.45, 7) is 9.60. The summed E-state index contributed by atoms with van der Waals surface area (Å²) in [4.78, 5) is 35.2. The number of hydrogen-bond acceptors (Lipinski definition) is 6. The van der Waals surface area contributed by atoms with Gasteiger partial charge >= 0.3 is 11.9 Å². The number of carbonyl (C=O) groups excluding carboxylic acids is 1. The highest BCUT2D eigenvalue weighted by Crippen LogP contribution is 2.35. The van der Waals surface area contributed by atoms with Crippen molar-refractivity contribution in [2.45, 2.75) is 84.8 Å². The van der Waals surface area contributed by atoms with Crippen LogP contribution in [0.3, 0.4) is 0 Å². The molecule has 0 amide bonds. The Balaban J connectivity index is 1.59. The van der Waals surface area contributed by atoms with E-state index in [-0.39, 0.29) is 18.3 Å². The SMILES string of the molecule is Cc1nc(C)c(-c2ccc3cc(C4=[N+](C5CCCCC5)C=C(/C=C/C(=O)O)C4CC(=O)OC(C)(C)C)ccc3n2)s1. The predicted octanol–water partition coefficient (Wildman–Crippen LogP) is 7.00. The summed E-state index contributed by atoms with van der Waals surface area (Å²) >= 11 is 1.65. The average Bonchev–Trinajstić information content (AvgIpc) is 3.44. The van der Waals surface area contributed by atoms with Crippen LogP contribution in [0.25, 0.3) is 21.5 Å². The molecule has 8 heteroatoms. The molecule has 1 saturated carbocycles. The van der Waals surface area contributed by atoms with Crippen LogP contribution in [0.1, 0.15) is 75.6 Å². The molecule has 2 aromatic heterocycles. The van der Waals surface area contributed by atoms with Gasteiger partial charge in [0.1, 0.15) is 5.60 Å². The molecule has 7 nitrogen and oxygen atoms in total. The third-order valence-corrected chi connectivity index (χ3v) is 8.69. The van der Waals surface area contributed by atoms with E-state index in [0.29, 0.717) is 6.04 Å². The van der Waals surface area contributed by atoms with Gasteiger partial charge in [-0.1, -0.05) is 12.5 Å². The number of pyridine rings is 1. The second kappa shape index (κ2) is 11.7. The zero-order valence-electron chi connectivity index (χ0n) is 24.4. The molecule has 5 rings (SSSR count). The van der Waals surface area contributed by atoms with Crippen molar-refractivity contribution in [3.05, 3.63) is 70.5 Å². The van der Waals surface area contributed by atoms with Crippen LogP contribution in [0, 0.1) is 19.8 Å². The van der Waals surface area contributed by atoms with Gasteiger partial charge in [0.2, 0.25) is 0 Å². The van der Waals surface area contributed by atoms with E-state index in [9.17, 15) is 14.7 Å². The first-order valence-electron chi connectivity index (χ1n) is 14.3. The number of aryl methyl sites for hydroxylation is 2. The Bertz CT molecular complexity index is 1590. The Labute approximate surface area is 245 Å². The van der Waals surface area contributed by atoms with E-state index in [4.69, 9.17) is 9.72 Å². The van der Waals surface area contributed by atoms with E-state index >= 15 is 0 Å². The number of aromatic nitrogens is 2. The number of carbonyl (C=O) groups is 2. The molecule has 0 bridgehead atoms. The molecule has 214 valence electrons. The number of carboxylic acid groups (broad SMARTS) is 1. The van der Waals surface area contributed by atoms with Gasteiger partial charge in [-0.3, -0.25) is 4.79 Å². The second-order valence-corrected chi connectivity index (χ2v) is 13.2. The quantitative estimate of drug-likeness (QED) is 0.186. The van der Waals surface area contributed by atoms with Crippen molar-refractivity contribution in [1.82, 2.24) is 9.97 Å². The van der Waals surface area contributed by atoms with Crippen molar-refractivity contribution < 1.29 is 24.0 Å². The van der Waals surface area contributed by atoms with Crippen molar-refractivity contribution in [1.29, 1.82) is 0 Å². The molecule has 1 aliphatic carbocycles. The summed E-state index contributed by atoms with van der Waals surface area (Å²) in [5, 5.41) is 11.4. The first kappa shape index (κ1) is 28.9. The monoisotopic (exact) mass is 572 g/mol. The molecule has 3 heterocycles. The summed E-state index contributed by atoms with van der Waals surface area (Å²) in [5.41, 5.74) is 5.01. The summed E-state index contributed by atoms with van der Waals surface area (Å²) in [7, 11) is 0. The van der Waals surface area contributed by atoms with Crippen LogP contribution < -0.4 is 0 Å². The maximum absolute atomic E-state index is 13.1. The lowest BCUT2D eigenvalue weighted by Crippen LogP contribution is -2.32. The lowest BCUT2D eigenvalue weighted by Gasteiger charge is -2.22. The minimum absolute atomic E-state index is 0.130. The Morgan fingerprint density at radius 2 is 1.85 bits per heavy atom. The number of esters is 1. The molecule has 1 aromatic carbocycles. The van der Waals surface area contributed by atoms with E-state index in [0.717, 1.165) is 80.8 Å². The first-order valence-corrected chi connectivity index (χ1v) is 15.2. The summed E-state index contributed by atoms with van der Waals surface area (Å²) in [6.07, 6.45) is 10.6. The van der Waals surface area contributed by atoms with Crippen molar-refractivity contribution >= 4 is 39.9 Å². The second-order valence-electron chi connectivity index (χ2n) is 12.0. The van der Waals surface area contributed by atoms with Gasteiger partial charge in [-0.05, 0) is 77.8 Å². The number of benzene rings is 1. The largest absolute Gasteiger partial charge is 0.478 e. The van der Waals surface area contributed by atoms with Gasteiger partial charge in [-0.25, -0.2) is 14.8 Å². The lowest BCUT2D eigenvalue weighted by molar-refractivity contribution is -0.502. The molecule has 2 aliphatic rings. The van der Waals surface area contributed by atoms with Crippen molar-refractivity contribution in [2.75, 3.05) is 0 Å². The normalized spacial score (nSPS) is 18.4. The van der Waals surface area contributed by atoms with Gasteiger partial charge < -0.3 is 9.84 Å². The fourth-order valence-corrected chi connectivity index (χ4v) is 6.83. The van der Waals surface area contributed by atoms with E-state index in [1.165, 1.54) is 6.42 Å². The minimum Gasteiger partial charge on any atom is -0.478 e. The van der Waals surface area contributed by atoms with Crippen molar-refractivity contribution in [2.24, 2.45) is 5.92 Å². The third kappa shape index (κ3) is 6.64. The molecule has 0 radical (unpaired) electrons. The third-order valence-electron chi connectivity index (χ3n) is 7.60. The fourth-order valence-electron chi connectivity index (χ4n) is 5.94. The van der Waals surface area contributed by atoms with Crippen LogP contribution in [0.5, 0.6) is 0 Å². The van der Waals surface area contributed by atoms with Gasteiger partial charge in [0.15, 0.2) is 18.0 Å². The topological polar surface area (TPSA) is 92.4 Å². The predicted molar refractivity (Wildman–Crippen MR) is 162 cm³/mol. The number of carboxylic acids is 1. The van der Waals surface area contributed by atoms with Crippen LogP contribution in [0.4, 0.5) is 0 Å². The number of aliphatic carboxylic acids is 1. The Hall–Kier alpha value is -3.65. The summed E-state index contributed by atoms with van der Waals surface area (Å²) < 4.78 is 8.03. The summed E-state index contributed by atoms with van der Waals surface area (Å²) in [5.74, 6) is -1.64. The smallest absolute Gasteiger partial charge is 0.328 e. The van der Waals surface area contributed by atoms with E-state index < -0.39 is 11.6 Å². The van der Waals surface area contributed by atoms with Gasteiger partial charge in [0.25, 0.3) is 0 Å². The number of rotatable bonds is 7. The molecule has 3 aromatic rings. The van der Waals surface area contributed by atoms with Gasteiger partial charge in [-0.2, -0.15) is 4.58 Å². The van der Waals surface area contributed by atoms with E-state index in [1.54, 1.807) is 17.4 Å². The Morgan fingerprint density at radius 3 is 2.51 bits per heavy atom. The Morgan fingerprint density at radius 1 is 1.10 bits per heavy atom. The number of thiazole rings is 1. The van der Waals surface area contributed by atoms with Crippen LogP contribution in [-0.4, -0.2) is 48.9 Å². The molecule has 1 atom stereocenters. The van der Waals surface area contributed by atoms with E-state index in [1.807, 2.05) is 46.8 Å². The van der Waals surface area contributed by atoms with Crippen LogP contribution in [0.15, 0.2) is 54.3 Å². The molecule has 1 fully saturated rings. The minimum atomic E-state index is -1.02. The van der Waals surface area contributed by atoms with Gasteiger partial charge in [-0.15, -0.1) is 11.3 Å². The van der Waals surface area contributed by atoms with Gasteiger partial charge in [0, 0.05) is 35.4 Å². The average molecular weight is 573 g/mol. The van der Waals surface area contributed by atoms with Crippen molar-refractivity contribution in [3.8, 4) is 10.6 Å². The zero-order chi connectivity index (χ0) is 29.3. The zero-order valence-corrected chi connectivity index (χ0v) is 25.3. The number of fused-ring (bicyclic) bond motifs is 1. The number of ether oxygens (including phenoxy) is 1. The van der Waals surface area contributed by atoms with Crippen molar-refractivity contribution in [3.63, 3.8) is 0 Å². The maximum atomic E-state index is 13.1. The van der Waals surface area contributed by atoms with Crippen LogP contribution in [0.2, 0.25) is 0 Å². The molecule has 41 heavy (non-hydrogen) atoms. The summed E-state index contributed by atoms with van der Waals surface area (Å²) in [6, 6.07) is 10.7. The highest BCUT2D eigenvalue weighted by atomic mass is 32.1.